The first-order valence-electron chi connectivity index (χ1n) is 7.00. The van der Waals surface area contributed by atoms with E-state index in [1.807, 2.05) is 0 Å². The van der Waals surface area contributed by atoms with Gasteiger partial charge >= 0.3 is 0 Å². The van der Waals surface area contributed by atoms with Gasteiger partial charge in [-0.2, -0.15) is 4.31 Å². The molecule has 1 fully saturated rings. The van der Waals surface area contributed by atoms with Crippen LogP contribution in [-0.2, 0) is 10.0 Å². The van der Waals surface area contributed by atoms with Crippen LogP contribution in [-0.4, -0.2) is 25.8 Å². The van der Waals surface area contributed by atoms with Crippen LogP contribution in [0.2, 0.25) is 0 Å². The lowest BCUT2D eigenvalue weighted by Crippen LogP contribution is -2.40. The Labute approximate surface area is 121 Å². The molecule has 112 valence electrons. The van der Waals surface area contributed by atoms with E-state index in [0.717, 1.165) is 19.3 Å². The Balaban J connectivity index is 2.29. The summed E-state index contributed by atoms with van der Waals surface area (Å²) in [5.74, 6) is 5.99. The number of nitrogens with zero attached hydrogens (tertiary/aromatic N) is 1. The van der Waals surface area contributed by atoms with E-state index in [4.69, 9.17) is 5.84 Å². The normalized spacial score (nSPS) is 23.8. The molecule has 2 atom stereocenters. The Kier molecular flexibility index (Phi) is 4.67. The molecular weight excluding hydrogens is 274 g/mol. The minimum atomic E-state index is -3.51. The van der Waals surface area contributed by atoms with E-state index in [-0.39, 0.29) is 10.9 Å². The molecule has 0 heterocycles. The monoisotopic (exact) mass is 297 g/mol. The molecule has 1 saturated carbocycles. The summed E-state index contributed by atoms with van der Waals surface area (Å²) in [4.78, 5) is 0.239. The number of rotatable bonds is 4. The molecular formula is C14H23N3O2S. The highest BCUT2D eigenvalue weighted by molar-refractivity contribution is 7.89. The molecule has 0 spiro atoms. The van der Waals surface area contributed by atoms with Crippen molar-refractivity contribution in [2.75, 3.05) is 12.5 Å². The molecule has 3 N–H and O–H groups in total. The zero-order valence-electron chi connectivity index (χ0n) is 12.0. The number of benzene rings is 1. The van der Waals surface area contributed by atoms with Crippen molar-refractivity contribution >= 4 is 15.7 Å². The standard InChI is InChI=1S/C14H23N3O2S/c1-11-6-5-7-12(10-11)17(2)20(18,19)14-9-4-3-8-13(14)16-15/h3-4,8-9,11-12,16H,5-7,10,15H2,1-2H3. The van der Waals surface area contributed by atoms with Gasteiger partial charge in [0.2, 0.25) is 10.0 Å². The van der Waals surface area contributed by atoms with Gasteiger partial charge < -0.3 is 5.43 Å². The molecule has 1 aromatic carbocycles. The molecule has 0 saturated heterocycles. The molecule has 0 bridgehead atoms. The van der Waals surface area contributed by atoms with Crippen molar-refractivity contribution in [1.82, 2.24) is 4.31 Å². The zero-order valence-corrected chi connectivity index (χ0v) is 12.9. The SMILES string of the molecule is CC1CCCC(N(C)S(=O)(=O)c2ccccc2NN)C1. The van der Waals surface area contributed by atoms with Gasteiger partial charge in [-0.05, 0) is 30.9 Å². The van der Waals surface area contributed by atoms with Gasteiger partial charge in [-0.25, -0.2) is 8.42 Å². The van der Waals surface area contributed by atoms with Crippen LogP contribution in [0.5, 0.6) is 0 Å². The summed E-state index contributed by atoms with van der Waals surface area (Å²) < 4.78 is 27.0. The topological polar surface area (TPSA) is 75.4 Å². The summed E-state index contributed by atoms with van der Waals surface area (Å²) in [6, 6.07) is 6.81. The average Bonchev–Trinajstić information content (AvgIpc) is 2.46. The number of hydrogen-bond acceptors (Lipinski definition) is 4. The smallest absolute Gasteiger partial charge is 0.245 e. The van der Waals surface area contributed by atoms with Crippen LogP contribution in [0, 0.1) is 5.92 Å². The largest absolute Gasteiger partial charge is 0.323 e. The highest BCUT2D eigenvalue weighted by atomic mass is 32.2. The molecule has 0 aliphatic heterocycles. The molecule has 0 aromatic heterocycles. The number of anilines is 1. The zero-order chi connectivity index (χ0) is 14.8. The van der Waals surface area contributed by atoms with Crippen molar-refractivity contribution in [2.24, 2.45) is 11.8 Å². The average molecular weight is 297 g/mol. The first-order valence-corrected chi connectivity index (χ1v) is 8.44. The van der Waals surface area contributed by atoms with Crippen LogP contribution in [0.1, 0.15) is 32.6 Å². The van der Waals surface area contributed by atoms with E-state index in [1.165, 1.54) is 10.7 Å². The molecule has 20 heavy (non-hydrogen) atoms. The number of hydrazine groups is 1. The van der Waals surface area contributed by atoms with Crippen LogP contribution < -0.4 is 11.3 Å². The fraction of sp³-hybridized carbons (Fsp3) is 0.571. The van der Waals surface area contributed by atoms with E-state index in [0.29, 0.717) is 11.6 Å². The number of nitrogens with one attached hydrogen (secondary N) is 1. The van der Waals surface area contributed by atoms with Crippen molar-refractivity contribution < 1.29 is 8.42 Å². The molecule has 1 aliphatic rings. The Bertz CT molecular complexity index is 559. The second kappa shape index (κ2) is 6.11. The number of nitrogens with two attached hydrogens (primary N) is 1. The van der Waals surface area contributed by atoms with Crippen LogP contribution in [0.25, 0.3) is 0 Å². The third-order valence-electron chi connectivity index (χ3n) is 4.12. The van der Waals surface area contributed by atoms with Gasteiger partial charge in [0.05, 0.1) is 5.69 Å². The fourth-order valence-electron chi connectivity index (χ4n) is 2.89. The molecule has 0 radical (unpaired) electrons. The van der Waals surface area contributed by atoms with E-state index in [2.05, 4.69) is 12.3 Å². The summed E-state index contributed by atoms with van der Waals surface area (Å²) >= 11 is 0. The summed E-state index contributed by atoms with van der Waals surface area (Å²) in [7, 11) is -1.84. The predicted molar refractivity (Wildman–Crippen MR) is 80.6 cm³/mol. The van der Waals surface area contributed by atoms with Gasteiger partial charge in [-0.15, -0.1) is 0 Å². The Morgan fingerprint density at radius 2 is 2.00 bits per heavy atom. The molecule has 2 unspecified atom stereocenters. The van der Waals surface area contributed by atoms with E-state index >= 15 is 0 Å². The molecule has 0 amide bonds. The summed E-state index contributed by atoms with van der Waals surface area (Å²) in [6.07, 6.45) is 4.13. The lowest BCUT2D eigenvalue weighted by Gasteiger charge is -2.33. The van der Waals surface area contributed by atoms with Gasteiger partial charge in [0, 0.05) is 13.1 Å². The first-order chi connectivity index (χ1) is 9.46. The van der Waals surface area contributed by atoms with Gasteiger partial charge in [0.25, 0.3) is 0 Å². The maximum Gasteiger partial charge on any atom is 0.245 e. The second-order valence-electron chi connectivity index (χ2n) is 5.59. The Morgan fingerprint density at radius 1 is 1.30 bits per heavy atom. The van der Waals surface area contributed by atoms with Crippen LogP contribution in [0.3, 0.4) is 0 Å². The maximum absolute atomic E-state index is 12.7. The third kappa shape index (κ3) is 2.97. The van der Waals surface area contributed by atoms with E-state index in [9.17, 15) is 8.42 Å². The van der Waals surface area contributed by atoms with Gasteiger partial charge in [-0.1, -0.05) is 31.9 Å². The summed E-state index contributed by atoms with van der Waals surface area (Å²) in [5.41, 5.74) is 2.90. The lowest BCUT2D eigenvalue weighted by atomic mass is 9.87. The molecule has 1 aromatic rings. The molecule has 1 aliphatic carbocycles. The number of para-hydroxylation sites is 1. The van der Waals surface area contributed by atoms with Gasteiger partial charge in [-0.3, -0.25) is 5.84 Å². The van der Waals surface area contributed by atoms with Gasteiger partial charge in [0.1, 0.15) is 4.90 Å². The predicted octanol–water partition coefficient (Wildman–Crippen LogP) is 2.17. The quantitative estimate of drug-likeness (QED) is 0.660. The number of nitrogen functional groups attached to an aromatic ring is 1. The van der Waals surface area contributed by atoms with Crippen molar-refractivity contribution in [1.29, 1.82) is 0 Å². The minimum absolute atomic E-state index is 0.0783. The third-order valence-corrected chi connectivity index (χ3v) is 6.09. The van der Waals surface area contributed by atoms with Crippen molar-refractivity contribution in [3.8, 4) is 0 Å². The van der Waals surface area contributed by atoms with Crippen molar-refractivity contribution in [3.05, 3.63) is 24.3 Å². The fourth-order valence-corrected chi connectivity index (χ4v) is 4.44. The van der Waals surface area contributed by atoms with Crippen molar-refractivity contribution in [2.45, 2.75) is 43.5 Å². The summed E-state index contributed by atoms with van der Waals surface area (Å²) in [5, 5.41) is 0. The number of hydrogen-bond donors (Lipinski definition) is 2. The summed E-state index contributed by atoms with van der Waals surface area (Å²) in [6.45, 7) is 2.18. The van der Waals surface area contributed by atoms with Crippen LogP contribution in [0.4, 0.5) is 5.69 Å². The minimum Gasteiger partial charge on any atom is -0.323 e. The van der Waals surface area contributed by atoms with E-state index in [1.54, 1.807) is 31.3 Å². The van der Waals surface area contributed by atoms with E-state index < -0.39 is 10.0 Å². The Hall–Kier alpha value is -1.11. The highest BCUT2D eigenvalue weighted by Crippen LogP contribution is 2.31. The molecule has 6 heteroatoms. The lowest BCUT2D eigenvalue weighted by molar-refractivity contribution is 0.239. The molecule has 2 rings (SSSR count). The number of sulfonamides is 1. The first kappa shape index (κ1) is 15.3. The van der Waals surface area contributed by atoms with Crippen LogP contribution >= 0.6 is 0 Å². The highest BCUT2D eigenvalue weighted by Gasteiger charge is 2.32. The Morgan fingerprint density at radius 3 is 2.65 bits per heavy atom. The van der Waals surface area contributed by atoms with Gasteiger partial charge in [0.15, 0.2) is 0 Å². The molecule has 5 nitrogen and oxygen atoms in total. The van der Waals surface area contributed by atoms with Crippen LogP contribution in [0.15, 0.2) is 29.2 Å². The second-order valence-corrected chi connectivity index (χ2v) is 7.55. The van der Waals surface area contributed by atoms with Crippen molar-refractivity contribution in [3.63, 3.8) is 0 Å². The maximum atomic E-state index is 12.7.